The van der Waals surface area contributed by atoms with E-state index in [1.165, 1.54) is 12.8 Å². The molecule has 0 radical (unpaired) electrons. The number of methoxy groups -OCH3 is 1. The maximum Gasteiger partial charge on any atom is 0.243 e. The Kier molecular flexibility index (Phi) is 6.06. The number of piperazine rings is 1. The summed E-state index contributed by atoms with van der Waals surface area (Å²) in [5, 5.41) is 0. The zero-order valence-corrected chi connectivity index (χ0v) is 21.2. The van der Waals surface area contributed by atoms with Crippen molar-refractivity contribution in [2.24, 2.45) is 0 Å². The van der Waals surface area contributed by atoms with Crippen LogP contribution in [0.4, 0.5) is 0 Å². The Balaban J connectivity index is 1.26. The third-order valence-electron chi connectivity index (χ3n) is 7.09. The first-order chi connectivity index (χ1) is 16.1. The van der Waals surface area contributed by atoms with Gasteiger partial charge >= 0.3 is 0 Å². The van der Waals surface area contributed by atoms with Crippen LogP contribution >= 0.6 is 0 Å². The van der Waals surface area contributed by atoms with Gasteiger partial charge in [0.1, 0.15) is 11.9 Å². The van der Waals surface area contributed by atoms with Gasteiger partial charge in [-0.2, -0.15) is 4.31 Å². The van der Waals surface area contributed by atoms with Crippen molar-refractivity contribution in [3.63, 3.8) is 0 Å². The van der Waals surface area contributed by atoms with Crippen molar-refractivity contribution >= 4 is 10.0 Å². The molecule has 1 aromatic carbocycles. The second-order valence-electron chi connectivity index (χ2n) is 10.7. The standard InChI is InChI=1S/C25H34N4O4S/c1-25(2,3)21-12-20(7-8-23(21)32-4)34(30,31)29-10-9-28-16-19(11-18(28)15-29)33-24-14-26-22(13-27-24)17-5-6-17/h7-8,12-14,17-19H,5-6,9-11,15-16H2,1-4H3/t18-,19-/m0/s1. The lowest BCUT2D eigenvalue weighted by atomic mass is 9.86. The van der Waals surface area contributed by atoms with E-state index in [-0.39, 0.29) is 17.6 Å². The van der Waals surface area contributed by atoms with E-state index in [4.69, 9.17) is 9.47 Å². The molecule has 9 heteroatoms. The lowest BCUT2D eigenvalue weighted by Crippen LogP contribution is -2.51. The number of hydrogen-bond donors (Lipinski definition) is 0. The van der Waals surface area contributed by atoms with Gasteiger partial charge in [-0.15, -0.1) is 0 Å². The molecule has 5 rings (SSSR count). The van der Waals surface area contributed by atoms with Crippen LogP contribution in [0.2, 0.25) is 0 Å². The van der Waals surface area contributed by atoms with Crippen LogP contribution in [-0.2, 0) is 15.4 Å². The van der Waals surface area contributed by atoms with Crippen LogP contribution in [-0.4, -0.2) is 73.0 Å². The second-order valence-corrected chi connectivity index (χ2v) is 12.6. The van der Waals surface area contributed by atoms with Crippen molar-refractivity contribution in [3.8, 4) is 11.6 Å². The molecule has 184 valence electrons. The van der Waals surface area contributed by atoms with Gasteiger partial charge in [0, 0.05) is 50.1 Å². The van der Waals surface area contributed by atoms with E-state index in [9.17, 15) is 8.42 Å². The van der Waals surface area contributed by atoms with Crippen LogP contribution in [0.3, 0.4) is 0 Å². The average molecular weight is 487 g/mol. The fourth-order valence-electron chi connectivity index (χ4n) is 5.00. The van der Waals surface area contributed by atoms with E-state index in [1.807, 2.05) is 6.20 Å². The van der Waals surface area contributed by atoms with Gasteiger partial charge in [-0.05, 0) is 36.5 Å². The van der Waals surface area contributed by atoms with E-state index >= 15 is 0 Å². The molecule has 0 bridgehead atoms. The van der Waals surface area contributed by atoms with Gasteiger partial charge in [-0.1, -0.05) is 20.8 Å². The molecule has 3 fully saturated rings. The van der Waals surface area contributed by atoms with Crippen molar-refractivity contribution in [2.75, 3.05) is 33.3 Å². The summed E-state index contributed by atoms with van der Waals surface area (Å²) < 4.78 is 40.3. The first kappa shape index (κ1) is 23.5. The summed E-state index contributed by atoms with van der Waals surface area (Å²) in [6.07, 6.45) is 6.70. The van der Waals surface area contributed by atoms with E-state index in [1.54, 1.807) is 35.8 Å². The molecule has 34 heavy (non-hydrogen) atoms. The summed E-state index contributed by atoms with van der Waals surface area (Å²) in [6, 6.07) is 5.32. The predicted molar refractivity (Wildman–Crippen MR) is 129 cm³/mol. The van der Waals surface area contributed by atoms with Gasteiger partial charge in [0.25, 0.3) is 0 Å². The molecule has 2 saturated heterocycles. The quantitative estimate of drug-likeness (QED) is 0.620. The highest BCUT2D eigenvalue weighted by Crippen LogP contribution is 2.39. The van der Waals surface area contributed by atoms with Gasteiger partial charge in [0.05, 0.1) is 30.1 Å². The lowest BCUT2D eigenvalue weighted by molar-refractivity contribution is 0.151. The molecule has 2 aliphatic heterocycles. The Morgan fingerprint density at radius 2 is 1.85 bits per heavy atom. The Morgan fingerprint density at radius 1 is 1.06 bits per heavy atom. The van der Waals surface area contributed by atoms with Crippen molar-refractivity contribution in [3.05, 3.63) is 41.9 Å². The highest BCUT2D eigenvalue weighted by atomic mass is 32.2. The first-order valence-electron chi connectivity index (χ1n) is 12.1. The average Bonchev–Trinajstić information content (AvgIpc) is 3.58. The number of ether oxygens (including phenoxy) is 2. The summed E-state index contributed by atoms with van der Waals surface area (Å²) in [5.41, 5.74) is 1.70. The summed E-state index contributed by atoms with van der Waals surface area (Å²) in [7, 11) is -1.99. The molecule has 0 amide bonds. The highest BCUT2D eigenvalue weighted by Gasteiger charge is 2.41. The molecule has 0 spiro atoms. The SMILES string of the molecule is COc1ccc(S(=O)(=O)N2CCN3C[C@@H](Oc4cnc(C5CC5)cn4)C[C@H]3C2)cc1C(C)(C)C. The molecule has 1 aliphatic carbocycles. The van der Waals surface area contributed by atoms with Gasteiger partial charge in [0.2, 0.25) is 15.9 Å². The zero-order chi connectivity index (χ0) is 24.1. The monoisotopic (exact) mass is 486 g/mol. The Bertz CT molecular complexity index is 1140. The van der Waals surface area contributed by atoms with Crippen molar-refractivity contribution in [1.82, 2.24) is 19.2 Å². The number of fused-ring (bicyclic) bond motifs is 1. The number of nitrogens with zero attached hydrogens (tertiary/aromatic N) is 4. The van der Waals surface area contributed by atoms with Crippen LogP contribution in [0, 0.1) is 0 Å². The third-order valence-corrected chi connectivity index (χ3v) is 8.95. The van der Waals surface area contributed by atoms with Gasteiger partial charge in [0.15, 0.2) is 0 Å². The normalized spacial score (nSPS) is 24.1. The minimum Gasteiger partial charge on any atom is -0.496 e. The molecule has 1 aromatic heterocycles. The first-order valence-corrected chi connectivity index (χ1v) is 13.5. The number of hydrogen-bond acceptors (Lipinski definition) is 7. The predicted octanol–water partition coefficient (Wildman–Crippen LogP) is 3.19. The van der Waals surface area contributed by atoms with E-state index < -0.39 is 10.0 Å². The fourth-order valence-corrected chi connectivity index (χ4v) is 6.50. The largest absolute Gasteiger partial charge is 0.496 e. The maximum atomic E-state index is 13.5. The van der Waals surface area contributed by atoms with Crippen molar-refractivity contribution < 1.29 is 17.9 Å². The van der Waals surface area contributed by atoms with Crippen molar-refractivity contribution in [1.29, 1.82) is 0 Å². The Hall–Kier alpha value is -2.23. The van der Waals surface area contributed by atoms with E-state index in [0.29, 0.717) is 42.1 Å². The zero-order valence-electron chi connectivity index (χ0n) is 20.4. The molecule has 0 unspecified atom stereocenters. The summed E-state index contributed by atoms with van der Waals surface area (Å²) >= 11 is 0. The molecule has 3 aliphatic rings. The molecule has 2 atom stereocenters. The van der Waals surface area contributed by atoms with Gasteiger partial charge in [-0.3, -0.25) is 9.88 Å². The molecular weight excluding hydrogens is 452 g/mol. The number of rotatable bonds is 6. The number of sulfonamides is 1. The third kappa shape index (κ3) is 4.65. The minimum atomic E-state index is -3.60. The highest BCUT2D eigenvalue weighted by molar-refractivity contribution is 7.89. The molecule has 1 saturated carbocycles. The summed E-state index contributed by atoms with van der Waals surface area (Å²) in [6.45, 7) is 8.58. The fraction of sp³-hybridized carbons (Fsp3) is 0.600. The molecular formula is C25H34N4O4S. The summed E-state index contributed by atoms with van der Waals surface area (Å²) in [4.78, 5) is 11.6. The second kappa shape index (κ2) is 8.77. The molecule has 8 nitrogen and oxygen atoms in total. The Morgan fingerprint density at radius 3 is 2.50 bits per heavy atom. The van der Waals surface area contributed by atoms with Gasteiger partial charge in [-0.25, -0.2) is 13.4 Å². The molecule has 2 aromatic rings. The number of aromatic nitrogens is 2. The smallest absolute Gasteiger partial charge is 0.243 e. The Labute approximate surface area is 202 Å². The topological polar surface area (TPSA) is 84.9 Å². The minimum absolute atomic E-state index is 0.0118. The lowest BCUT2D eigenvalue weighted by Gasteiger charge is -2.36. The van der Waals surface area contributed by atoms with Crippen molar-refractivity contribution in [2.45, 2.75) is 68.4 Å². The molecule has 0 N–H and O–H groups in total. The van der Waals surface area contributed by atoms with Crippen LogP contribution in [0.1, 0.15) is 57.2 Å². The van der Waals surface area contributed by atoms with Crippen LogP contribution in [0.15, 0.2) is 35.5 Å². The van der Waals surface area contributed by atoms with E-state index in [0.717, 1.165) is 24.2 Å². The number of benzene rings is 1. The summed E-state index contributed by atoms with van der Waals surface area (Å²) in [5.74, 6) is 1.83. The van der Waals surface area contributed by atoms with Crippen LogP contribution in [0.25, 0.3) is 0 Å². The molecule has 3 heterocycles. The van der Waals surface area contributed by atoms with Crippen LogP contribution < -0.4 is 9.47 Å². The van der Waals surface area contributed by atoms with E-state index in [2.05, 4.69) is 35.6 Å². The maximum absolute atomic E-state index is 13.5. The van der Waals surface area contributed by atoms with Gasteiger partial charge < -0.3 is 9.47 Å². The van der Waals surface area contributed by atoms with Crippen LogP contribution in [0.5, 0.6) is 11.6 Å².